The molecule has 0 unspecified atom stereocenters. The van der Waals surface area contributed by atoms with Crippen molar-refractivity contribution in [1.82, 2.24) is 0 Å². The van der Waals surface area contributed by atoms with Crippen LogP contribution in [-0.4, -0.2) is 29.8 Å². The van der Waals surface area contributed by atoms with E-state index in [-0.39, 0.29) is 63.6 Å². The van der Waals surface area contributed by atoms with Gasteiger partial charge in [0.2, 0.25) is 0 Å². The maximum absolute atomic E-state index is 9.96. The molecule has 0 spiro atoms. The molecule has 0 amide bonds. The van der Waals surface area contributed by atoms with Gasteiger partial charge in [-0.15, -0.1) is 0 Å². The van der Waals surface area contributed by atoms with Crippen LogP contribution < -0.4 is 51.4 Å². The predicted octanol–water partition coefficient (Wildman–Crippen LogP) is -0.856. The predicted molar refractivity (Wildman–Crippen MR) is 62.8 cm³/mol. The number of unbranched alkanes of at least 4 members (excludes halogenated alkanes) is 3. The molecular weight excluding hydrogens is 271 g/mol. The summed E-state index contributed by atoms with van der Waals surface area (Å²) in [5.74, 6) is -0.918. The zero-order valence-electron chi connectivity index (χ0n) is 10.7. The van der Waals surface area contributed by atoms with Crippen LogP contribution in [0.15, 0.2) is 0 Å². The molecule has 0 aromatic rings. The van der Waals surface area contributed by atoms with Crippen LogP contribution in [0.2, 0.25) is 0 Å². The molecule has 98 valence electrons. The second-order valence-electron chi connectivity index (χ2n) is 3.34. The minimum Gasteiger partial charge on any atom is -0.481 e. The SMILES string of the molecule is CCCCCCC(=O)O.[CH2-]CCS(=O)(=O)O.[K+]. The number of carboxylic acid groups (broad SMARTS) is 1. The first-order valence-corrected chi connectivity index (χ1v) is 6.90. The van der Waals surface area contributed by atoms with Gasteiger partial charge in [-0.05, 0) is 6.42 Å². The third kappa shape index (κ3) is 31.6. The van der Waals surface area contributed by atoms with E-state index >= 15 is 0 Å². The molecule has 0 rings (SSSR count). The van der Waals surface area contributed by atoms with Crippen LogP contribution in [0.4, 0.5) is 0 Å². The molecule has 0 aliphatic rings. The van der Waals surface area contributed by atoms with Crippen LogP contribution >= 0.6 is 0 Å². The van der Waals surface area contributed by atoms with E-state index in [2.05, 4.69) is 13.8 Å². The average molecular weight is 292 g/mol. The molecule has 0 saturated carbocycles. The van der Waals surface area contributed by atoms with Crippen LogP contribution in [0.25, 0.3) is 0 Å². The summed E-state index contributed by atoms with van der Waals surface area (Å²) in [4.78, 5) is 9.96. The van der Waals surface area contributed by atoms with Gasteiger partial charge in [-0.2, -0.15) is 14.8 Å². The van der Waals surface area contributed by atoms with Crippen LogP contribution in [0.1, 0.15) is 45.4 Å². The molecule has 7 heteroatoms. The summed E-state index contributed by atoms with van der Waals surface area (Å²) in [6.07, 6.45) is 4.78. The molecule has 0 aliphatic heterocycles. The minimum atomic E-state index is -3.74. The molecule has 5 nitrogen and oxygen atoms in total. The summed E-state index contributed by atoms with van der Waals surface area (Å²) >= 11 is 0. The van der Waals surface area contributed by atoms with Crippen molar-refractivity contribution in [1.29, 1.82) is 0 Å². The van der Waals surface area contributed by atoms with Crippen molar-refractivity contribution in [2.24, 2.45) is 0 Å². The van der Waals surface area contributed by atoms with Gasteiger partial charge in [0.15, 0.2) is 0 Å². The van der Waals surface area contributed by atoms with Crippen molar-refractivity contribution in [3.05, 3.63) is 6.92 Å². The maximum atomic E-state index is 9.96. The zero-order valence-corrected chi connectivity index (χ0v) is 14.6. The monoisotopic (exact) mass is 292 g/mol. The van der Waals surface area contributed by atoms with Crippen molar-refractivity contribution >= 4 is 16.1 Å². The Bertz CT molecular complexity index is 264. The van der Waals surface area contributed by atoms with Gasteiger partial charge in [0.1, 0.15) is 0 Å². The van der Waals surface area contributed by atoms with Crippen molar-refractivity contribution in [2.45, 2.75) is 45.4 Å². The Labute approximate surface area is 147 Å². The van der Waals surface area contributed by atoms with Crippen molar-refractivity contribution in [2.75, 3.05) is 5.75 Å². The van der Waals surface area contributed by atoms with E-state index in [0.717, 1.165) is 19.3 Å². The fourth-order valence-corrected chi connectivity index (χ4v) is 1.25. The summed E-state index contributed by atoms with van der Waals surface area (Å²) in [5, 5.41) is 8.21. The number of hydrogen-bond donors (Lipinski definition) is 2. The van der Waals surface area contributed by atoms with Gasteiger partial charge in [0.25, 0.3) is 10.1 Å². The van der Waals surface area contributed by atoms with E-state index in [1.165, 1.54) is 6.42 Å². The minimum absolute atomic E-state index is 0. The summed E-state index contributed by atoms with van der Waals surface area (Å²) in [6, 6.07) is 0. The van der Waals surface area contributed by atoms with E-state index in [1.807, 2.05) is 0 Å². The standard InChI is InChI=1S/C7H14O2.C3H7O3S.K/c1-2-3-4-5-6-7(8)9;1-2-3-7(4,5)6;/h2-6H2,1H3,(H,8,9);1-3H2,(H,4,5,6);/q;-1;+1. The molecule has 0 bridgehead atoms. The maximum Gasteiger partial charge on any atom is 1.00 e. The smallest absolute Gasteiger partial charge is 0.481 e. The van der Waals surface area contributed by atoms with Crippen LogP contribution in [0.3, 0.4) is 0 Å². The van der Waals surface area contributed by atoms with Gasteiger partial charge in [0, 0.05) is 12.2 Å². The quantitative estimate of drug-likeness (QED) is 0.276. The van der Waals surface area contributed by atoms with E-state index < -0.39 is 16.1 Å². The first-order valence-electron chi connectivity index (χ1n) is 5.29. The molecule has 2 N–H and O–H groups in total. The van der Waals surface area contributed by atoms with E-state index in [9.17, 15) is 13.2 Å². The van der Waals surface area contributed by atoms with Crippen LogP contribution in [0.5, 0.6) is 0 Å². The Morgan fingerprint density at radius 1 is 1.24 bits per heavy atom. The van der Waals surface area contributed by atoms with Crippen molar-refractivity contribution in [3.8, 4) is 0 Å². The van der Waals surface area contributed by atoms with Gasteiger partial charge in [-0.3, -0.25) is 9.35 Å². The number of rotatable bonds is 7. The molecule has 0 aliphatic carbocycles. The fraction of sp³-hybridized carbons (Fsp3) is 0.800. The second-order valence-corrected chi connectivity index (χ2v) is 4.92. The summed E-state index contributed by atoms with van der Waals surface area (Å²) < 4.78 is 27.4. The molecule has 0 heterocycles. The average Bonchev–Trinajstić information content (AvgIpc) is 2.11. The molecule has 0 aromatic carbocycles. The van der Waals surface area contributed by atoms with Crippen LogP contribution in [0, 0.1) is 6.92 Å². The van der Waals surface area contributed by atoms with Gasteiger partial charge in [-0.25, -0.2) is 0 Å². The first-order chi connectivity index (χ1) is 7.33. The molecule has 17 heavy (non-hydrogen) atoms. The number of aliphatic carboxylic acids is 1. The molecule has 0 atom stereocenters. The molecule has 0 aromatic heterocycles. The van der Waals surface area contributed by atoms with Gasteiger partial charge < -0.3 is 12.0 Å². The summed E-state index contributed by atoms with van der Waals surface area (Å²) in [6.45, 7) is 5.34. The topological polar surface area (TPSA) is 91.7 Å². The van der Waals surface area contributed by atoms with E-state index in [1.54, 1.807) is 0 Å². The van der Waals surface area contributed by atoms with Gasteiger partial charge in [0.05, 0.1) is 0 Å². The third-order valence-electron chi connectivity index (χ3n) is 1.65. The molecule has 0 saturated heterocycles. The first kappa shape index (κ1) is 23.1. The Balaban J connectivity index is -0.000000224. The Kier molecular flexibility index (Phi) is 20.5. The number of hydrogen-bond acceptors (Lipinski definition) is 3. The summed E-state index contributed by atoms with van der Waals surface area (Å²) in [7, 11) is -3.74. The molecule has 0 fully saturated rings. The Morgan fingerprint density at radius 3 is 2.00 bits per heavy atom. The molecular formula is C10H21KO5S. The third-order valence-corrected chi connectivity index (χ3v) is 2.45. The summed E-state index contributed by atoms with van der Waals surface area (Å²) in [5.41, 5.74) is 0. The van der Waals surface area contributed by atoms with E-state index in [0.29, 0.717) is 6.42 Å². The van der Waals surface area contributed by atoms with Gasteiger partial charge in [-0.1, -0.05) is 26.2 Å². The van der Waals surface area contributed by atoms with Crippen molar-refractivity contribution < 1.29 is 74.3 Å². The second kappa shape index (κ2) is 15.1. The van der Waals surface area contributed by atoms with E-state index in [4.69, 9.17) is 9.66 Å². The number of carbonyl (C=O) groups is 1. The Hall–Kier alpha value is 1.02. The van der Waals surface area contributed by atoms with Crippen molar-refractivity contribution in [3.63, 3.8) is 0 Å². The molecule has 0 radical (unpaired) electrons. The van der Waals surface area contributed by atoms with Gasteiger partial charge >= 0.3 is 57.4 Å². The fourth-order valence-electron chi connectivity index (χ4n) is 0.885. The Morgan fingerprint density at radius 2 is 1.76 bits per heavy atom. The normalized spacial score (nSPS) is 9.82. The largest absolute Gasteiger partial charge is 1.00 e. The van der Waals surface area contributed by atoms with Crippen LogP contribution in [-0.2, 0) is 14.9 Å². The number of carboxylic acids is 1. The zero-order chi connectivity index (χ0) is 13.0.